The Morgan fingerprint density at radius 3 is 2.58 bits per heavy atom. The van der Waals surface area contributed by atoms with Crippen LogP contribution in [0.2, 0.25) is 0 Å². The molecule has 1 aliphatic heterocycles. The Kier molecular flexibility index (Phi) is 4.74. The van der Waals surface area contributed by atoms with Gasteiger partial charge >= 0.3 is 0 Å². The first kappa shape index (κ1) is 16.0. The van der Waals surface area contributed by atoms with Crippen LogP contribution in [0.5, 0.6) is 0 Å². The minimum Gasteiger partial charge on any atom is -0.340 e. The number of benzene rings is 1. The van der Waals surface area contributed by atoms with Crippen LogP contribution in [0.1, 0.15) is 19.8 Å². The standard InChI is InChI=1S/C18H20N4O2/c1-13(23)22-11-5-8-16(22)18(24)21-15-9-10-17(19-12-15)20-14-6-3-2-4-7-14/h2-4,6-7,9-10,12,16H,5,8,11H2,1H3,(H,19,20)(H,21,24)/t16-/m0/s1. The molecular weight excluding hydrogens is 304 g/mol. The Morgan fingerprint density at radius 2 is 1.92 bits per heavy atom. The molecule has 0 aliphatic carbocycles. The van der Waals surface area contributed by atoms with E-state index in [1.165, 1.54) is 6.92 Å². The number of nitrogens with zero attached hydrogens (tertiary/aromatic N) is 2. The number of hydrogen-bond donors (Lipinski definition) is 2. The SMILES string of the molecule is CC(=O)N1CCC[C@H]1C(=O)Nc1ccc(Nc2ccccc2)nc1. The van der Waals surface area contributed by atoms with Gasteiger partial charge in [0.25, 0.3) is 0 Å². The average molecular weight is 324 g/mol. The molecule has 2 N–H and O–H groups in total. The predicted molar refractivity (Wildman–Crippen MR) is 93.0 cm³/mol. The van der Waals surface area contributed by atoms with E-state index in [9.17, 15) is 9.59 Å². The number of rotatable bonds is 4. The van der Waals surface area contributed by atoms with E-state index in [0.717, 1.165) is 12.1 Å². The first-order chi connectivity index (χ1) is 11.6. The van der Waals surface area contributed by atoms with Crippen molar-refractivity contribution >= 4 is 29.0 Å². The van der Waals surface area contributed by atoms with Crippen LogP contribution in [0, 0.1) is 0 Å². The summed E-state index contributed by atoms with van der Waals surface area (Å²) in [5.74, 6) is 0.479. The lowest BCUT2D eigenvalue weighted by Crippen LogP contribution is -2.42. The summed E-state index contributed by atoms with van der Waals surface area (Å²) < 4.78 is 0. The Balaban J connectivity index is 1.62. The molecular formula is C18H20N4O2. The highest BCUT2D eigenvalue weighted by atomic mass is 16.2. The smallest absolute Gasteiger partial charge is 0.247 e. The number of anilines is 3. The highest BCUT2D eigenvalue weighted by Gasteiger charge is 2.32. The number of carbonyl (C=O) groups is 2. The molecule has 2 aromatic rings. The molecule has 2 heterocycles. The third-order valence-electron chi connectivity index (χ3n) is 4.04. The Morgan fingerprint density at radius 1 is 1.12 bits per heavy atom. The maximum absolute atomic E-state index is 12.4. The number of amides is 2. The lowest BCUT2D eigenvalue weighted by Gasteiger charge is -2.22. The van der Waals surface area contributed by atoms with Crippen molar-refractivity contribution in [2.75, 3.05) is 17.2 Å². The van der Waals surface area contributed by atoms with Crippen molar-refractivity contribution in [3.05, 3.63) is 48.7 Å². The number of para-hydroxylation sites is 1. The van der Waals surface area contributed by atoms with Gasteiger partial charge in [0.15, 0.2) is 0 Å². The molecule has 0 radical (unpaired) electrons. The van der Waals surface area contributed by atoms with E-state index in [1.54, 1.807) is 23.2 Å². The second-order valence-corrected chi connectivity index (χ2v) is 5.78. The van der Waals surface area contributed by atoms with E-state index in [2.05, 4.69) is 15.6 Å². The van der Waals surface area contributed by atoms with Gasteiger partial charge in [-0.1, -0.05) is 18.2 Å². The number of aromatic nitrogens is 1. The van der Waals surface area contributed by atoms with E-state index in [1.807, 2.05) is 30.3 Å². The third-order valence-corrected chi connectivity index (χ3v) is 4.04. The highest BCUT2D eigenvalue weighted by Crippen LogP contribution is 2.20. The fourth-order valence-corrected chi connectivity index (χ4v) is 2.85. The van der Waals surface area contributed by atoms with Crippen LogP contribution < -0.4 is 10.6 Å². The van der Waals surface area contributed by atoms with Crippen molar-refractivity contribution in [3.63, 3.8) is 0 Å². The van der Waals surface area contributed by atoms with Gasteiger partial charge in [0, 0.05) is 19.2 Å². The Bertz CT molecular complexity index is 716. The zero-order chi connectivity index (χ0) is 16.9. The molecule has 6 heteroatoms. The number of hydrogen-bond acceptors (Lipinski definition) is 4. The molecule has 1 aromatic carbocycles. The van der Waals surface area contributed by atoms with Gasteiger partial charge < -0.3 is 15.5 Å². The van der Waals surface area contributed by atoms with Crippen LogP contribution in [0.3, 0.4) is 0 Å². The number of likely N-dealkylation sites (tertiary alicyclic amines) is 1. The van der Waals surface area contributed by atoms with Gasteiger partial charge in [0.05, 0.1) is 11.9 Å². The third kappa shape index (κ3) is 3.71. The van der Waals surface area contributed by atoms with Crippen molar-refractivity contribution < 1.29 is 9.59 Å². The predicted octanol–water partition coefficient (Wildman–Crippen LogP) is 2.77. The second kappa shape index (κ2) is 7.12. The topological polar surface area (TPSA) is 74.3 Å². The first-order valence-corrected chi connectivity index (χ1v) is 8.00. The van der Waals surface area contributed by atoms with Crippen molar-refractivity contribution in [2.24, 2.45) is 0 Å². The molecule has 0 saturated carbocycles. The lowest BCUT2D eigenvalue weighted by atomic mass is 10.2. The van der Waals surface area contributed by atoms with Gasteiger partial charge in [-0.15, -0.1) is 0 Å². The van der Waals surface area contributed by atoms with E-state index in [-0.39, 0.29) is 17.9 Å². The summed E-state index contributed by atoms with van der Waals surface area (Å²) in [6.45, 7) is 2.14. The largest absolute Gasteiger partial charge is 0.340 e. The Hall–Kier alpha value is -2.89. The van der Waals surface area contributed by atoms with Crippen LogP contribution in [-0.4, -0.2) is 34.3 Å². The van der Waals surface area contributed by atoms with Gasteiger partial charge in [0.2, 0.25) is 11.8 Å². The van der Waals surface area contributed by atoms with Crippen molar-refractivity contribution in [2.45, 2.75) is 25.8 Å². The lowest BCUT2D eigenvalue weighted by molar-refractivity contribution is -0.134. The molecule has 6 nitrogen and oxygen atoms in total. The van der Waals surface area contributed by atoms with Crippen LogP contribution in [0.4, 0.5) is 17.2 Å². The average Bonchev–Trinajstić information content (AvgIpc) is 3.08. The van der Waals surface area contributed by atoms with Crippen molar-refractivity contribution in [3.8, 4) is 0 Å². The molecule has 3 rings (SSSR count). The van der Waals surface area contributed by atoms with Gasteiger partial charge in [-0.05, 0) is 37.1 Å². The maximum atomic E-state index is 12.4. The minimum absolute atomic E-state index is 0.0619. The zero-order valence-corrected chi connectivity index (χ0v) is 13.5. The maximum Gasteiger partial charge on any atom is 0.247 e. The van der Waals surface area contributed by atoms with E-state index in [0.29, 0.717) is 24.5 Å². The van der Waals surface area contributed by atoms with Crippen LogP contribution in [-0.2, 0) is 9.59 Å². The highest BCUT2D eigenvalue weighted by molar-refractivity contribution is 5.97. The molecule has 0 bridgehead atoms. The van der Waals surface area contributed by atoms with Gasteiger partial charge in [-0.25, -0.2) is 4.98 Å². The summed E-state index contributed by atoms with van der Waals surface area (Å²) in [6.07, 6.45) is 3.17. The van der Waals surface area contributed by atoms with Crippen LogP contribution in [0.25, 0.3) is 0 Å². The molecule has 1 aromatic heterocycles. The number of nitrogens with one attached hydrogen (secondary N) is 2. The molecule has 1 fully saturated rings. The van der Waals surface area contributed by atoms with Crippen molar-refractivity contribution in [1.29, 1.82) is 0 Å². The Labute approximate surface area is 140 Å². The quantitative estimate of drug-likeness (QED) is 0.907. The van der Waals surface area contributed by atoms with E-state index >= 15 is 0 Å². The molecule has 1 saturated heterocycles. The summed E-state index contributed by atoms with van der Waals surface area (Å²) >= 11 is 0. The van der Waals surface area contributed by atoms with Gasteiger partial charge in [0.1, 0.15) is 11.9 Å². The monoisotopic (exact) mass is 324 g/mol. The molecule has 1 aliphatic rings. The number of carbonyl (C=O) groups excluding carboxylic acids is 2. The molecule has 0 unspecified atom stereocenters. The molecule has 2 amide bonds. The van der Waals surface area contributed by atoms with Crippen LogP contribution >= 0.6 is 0 Å². The van der Waals surface area contributed by atoms with E-state index in [4.69, 9.17) is 0 Å². The van der Waals surface area contributed by atoms with Gasteiger partial charge in [-0.2, -0.15) is 0 Å². The normalized spacial score (nSPS) is 16.7. The molecule has 1 atom stereocenters. The minimum atomic E-state index is -0.385. The number of pyridine rings is 1. The molecule has 0 spiro atoms. The molecule has 124 valence electrons. The zero-order valence-electron chi connectivity index (χ0n) is 13.5. The second-order valence-electron chi connectivity index (χ2n) is 5.78. The first-order valence-electron chi connectivity index (χ1n) is 8.00. The van der Waals surface area contributed by atoms with Crippen LogP contribution in [0.15, 0.2) is 48.7 Å². The summed E-state index contributed by atoms with van der Waals surface area (Å²) in [7, 11) is 0. The van der Waals surface area contributed by atoms with E-state index < -0.39 is 0 Å². The van der Waals surface area contributed by atoms with Crippen molar-refractivity contribution in [1.82, 2.24) is 9.88 Å². The van der Waals surface area contributed by atoms with Gasteiger partial charge in [-0.3, -0.25) is 9.59 Å². The summed E-state index contributed by atoms with van der Waals surface area (Å²) in [5.41, 5.74) is 1.57. The molecule has 24 heavy (non-hydrogen) atoms. The fourth-order valence-electron chi connectivity index (χ4n) is 2.85. The summed E-state index contributed by atoms with van der Waals surface area (Å²) in [6, 6.07) is 13.0. The summed E-state index contributed by atoms with van der Waals surface area (Å²) in [4.78, 5) is 29.8. The fraction of sp³-hybridized carbons (Fsp3) is 0.278. The summed E-state index contributed by atoms with van der Waals surface area (Å²) in [5, 5.41) is 6.02.